The van der Waals surface area contributed by atoms with Gasteiger partial charge in [-0.15, -0.1) is 0 Å². The molecule has 0 bridgehead atoms. The Labute approximate surface area is 125 Å². The summed E-state index contributed by atoms with van der Waals surface area (Å²) < 4.78 is 0. The van der Waals surface area contributed by atoms with Gasteiger partial charge in [0.05, 0.1) is 11.6 Å². The van der Waals surface area contributed by atoms with Gasteiger partial charge in [0.2, 0.25) is 5.91 Å². The van der Waals surface area contributed by atoms with Crippen LogP contribution >= 0.6 is 0 Å². The van der Waals surface area contributed by atoms with Gasteiger partial charge in [-0.3, -0.25) is 9.78 Å². The minimum atomic E-state index is -0.0812. The Bertz CT molecular complexity index is 607. The zero-order valence-electron chi connectivity index (χ0n) is 12.3. The van der Waals surface area contributed by atoms with Crippen LogP contribution in [-0.4, -0.2) is 29.4 Å². The van der Waals surface area contributed by atoms with E-state index in [9.17, 15) is 4.79 Å². The van der Waals surface area contributed by atoms with Crippen molar-refractivity contribution in [2.45, 2.75) is 25.2 Å². The highest BCUT2D eigenvalue weighted by atomic mass is 16.2. The predicted molar refractivity (Wildman–Crippen MR) is 83.9 cm³/mol. The van der Waals surface area contributed by atoms with Crippen molar-refractivity contribution in [3.8, 4) is 11.1 Å². The molecule has 3 rings (SSSR count). The second-order valence-electron chi connectivity index (χ2n) is 5.65. The Morgan fingerprint density at radius 2 is 1.86 bits per heavy atom. The quantitative estimate of drug-likeness (QED) is 0.844. The van der Waals surface area contributed by atoms with Gasteiger partial charge in [0.25, 0.3) is 0 Å². The summed E-state index contributed by atoms with van der Waals surface area (Å²) in [4.78, 5) is 18.8. The van der Waals surface area contributed by atoms with E-state index in [2.05, 4.69) is 23.2 Å². The normalized spacial score (nSPS) is 19.4. The van der Waals surface area contributed by atoms with Gasteiger partial charge in [0.15, 0.2) is 0 Å². The third-order valence-electron chi connectivity index (χ3n) is 4.16. The summed E-state index contributed by atoms with van der Waals surface area (Å²) in [6.45, 7) is 0.859. The molecule has 1 fully saturated rings. The highest BCUT2D eigenvalue weighted by Crippen LogP contribution is 2.27. The van der Waals surface area contributed by atoms with Gasteiger partial charge < -0.3 is 4.90 Å². The summed E-state index contributed by atoms with van der Waals surface area (Å²) in [6, 6.07) is 14.3. The maximum Gasteiger partial charge on any atom is 0.231 e. The minimum Gasteiger partial charge on any atom is -0.345 e. The van der Waals surface area contributed by atoms with E-state index in [0.717, 1.165) is 42.6 Å². The molecule has 21 heavy (non-hydrogen) atoms. The van der Waals surface area contributed by atoms with Gasteiger partial charge in [0.1, 0.15) is 0 Å². The first-order valence-corrected chi connectivity index (χ1v) is 7.52. The van der Waals surface area contributed by atoms with Crippen molar-refractivity contribution in [1.82, 2.24) is 9.88 Å². The molecular weight excluding hydrogens is 260 g/mol. The molecule has 3 nitrogen and oxygen atoms in total. The molecule has 1 aliphatic rings. The summed E-state index contributed by atoms with van der Waals surface area (Å²) in [5, 5.41) is 0. The van der Waals surface area contributed by atoms with Crippen LogP contribution in [0.2, 0.25) is 0 Å². The highest BCUT2D eigenvalue weighted by molar-refractivity contribution is 5.83. The van der Waals surface area contributed by atoms with Gasteiger partial charge in [0, 0.05) is 25.4 Å². The van der Waals surface area contributed by atoms with E-state index in [0.29, 0.717) is 0 Å². The van der Waals surface area contributed by atoms with E-state index in [1.54, 1.807) is 0 Å². The van der Waals surface area contributed by atoms with Gasteiger partial charge in [-0.1, -0.05) is 42.8 Å². The SMILES string of the molecule is CN1CCCC[C@@H](c2ccc(-c3ccccc3)cn2)C1=O. The molecule has 0 saturated carbocycles. The Kier molecular flexibility index (Phi) is 4.00. The van der Waals surface area contributed by atoms with E-state index >= 15 is 0 Å². The van der Waals surface area contributed by atoms with Crippen LogP contribution in [0.5, 0.6) is 0 Å². The minimum absolute atomic E-state index is 0.0812. The van der Waals surface area contributed by atoms with Crippen LogP contribution in [0.3, 0.4) is 0 Å². The largest absolute Gasteiger partial charge is 0.345 e. The first-order chi connectivity index (χ1) is 10.3. The molecule has 0 spiro atoms. The number of hydrogen-bond acceptors (Lipinski definition) is 2. The number of rotatable bonds is 2. The second-order valence-corrected chi connectivity index (χ2v) is 5.65. The average molecular weight is 280 g/mol. The Morgan fingerprint density at radius 1 is 1.05 bits per heavy atom. The lowest BCUT2D eigenvalue weighted by Gasteiger charge is -2.19. The first kappa shape index (κ1) is 13.8. The van der Waals surface area contributed by atoms with Crippen molar-refractivity contribution in [2.75, 3.05) is 13.6 Å². The Morgan fingerprint density at radius 3 is 2.57 bits per heavy atom. The molecule has 0 unspecified atom stereocenters. The van der Waals surface area contributed by atoms with Gasteiger partial charge >= 0.3 is 0 Å². The number of carbonyl (C=O) groups is 1. The number of pyridine rings is 1. The fourth-order valence-electron chi connectivity index (χ4n) is 2.88. The molecule has 0 aliphatic carbocycles. The van der Waals surface area contributed by atoms with Crippen LogP contribution in [0, 0.1) is 0 Å². The monoisotopic (exact) mass is 280 g/mol. The molecular formula is C18H20N2O. The molecule has 2 aromatic rings. The molecule has 2 heterocycles. The zero-order valence-corrected chi connectivity index (χ0v) is 12.3. The molecule has 1 atom stereocenters. The van der Waals surface area contributed by atoms with Crippen molar-refractivity contribution < 1.29 is 4.79 Å². The summed E-state index contributed by atoms with van der Waals surface area (Å²) in [7, 11) is 1.89. The fraction of sp³-hybridized carbons (Fsp3) is 0.333. The lowest BCUT2D eigenvalue weighted by molar-refractivity contribution is -0.131. The van der Waals surface area contributed by atoms with Crippen molar-refractivity contribution >= 4 is 5.91 Å². The van der Waals surface area contributed by atoms with Crippen molar-refractivity contribution in [1.29, 1.82) is 0 Å². The zero-order chi connectivity index (χ0) is 14.7. The van der Waals surface area contributed by atoms with Crippen LogP contribution < -0.4 is 0 Å². The number of carbonyl (C=O) groups excluding carboxylic acids is 1. The Hall–Kier alpha value is -2.16. The van der Waals surface area contributed by atoms with E-state index in [-0.39, 0.29) is 11.8 Å². The fourth-order valence-corrected chi connectivity index (χ4v) is 2.88. The van der Waals surface area contributed by atoms with Crippen molar-refractivity contribution in [2.24, 2.45) is 0 Å². The third-order valence-corrected chi connectivity index (χ3v) is 4.16. The first-order valence-electron chi connectivity index (χ1n) is 7.52. The number of likely N-dealkylation sites (N-methyl/N-ethyl adjacent to an activating group) is 1. The summed E-state index contributed by atoms with van der Waals surface area (Å²) >= 11 is 0. The van der Waals surface area contributed by atoms with Crippen molar-refractivity contribution in [3.63, 3.8) is 0 Å². The van der Waals surface area contributed by atoms with E-state index in [4.69, 9.17) is 0 Å². The molecule has 1 aliphatic heterocycles. The van der Waals surface area contributed by atoms with Crippen LogP contribution in [0.15, 0.2) is 48.7 Å². The summed E-state index contributed by atoms with van der Waals surface area (Å²) in [5.74, 6) is 0.120. The molecule has 1 saturated heterocycles. The maximum atomic E-state index is 12.4. The topological polar surface area (TPSA) is 33.2 Å². The lowest BCUT2D eigenvalue weighted by atomic mass is 9.97. The third kappa shape index (κ3) is 2.97. The van der Waals surface area contributed by atoms with E-state index in [1.807, 2.05) is 42.4 Å². The molecule has 1 aromatic carbocycles. The molecule has 0 N–H and O–H groups in total. The highest BCUT2D eigenvalue weighted by Gasteiger charge is 2.27. The number of likely N-dealkylation sites (tertiary alicyclic amines) is 1. The molecule has 108 valence electrons. The number of aromatic nitrogens is 1. The predicted octanol–water partition coefficient (Wildman–Crippen LogP) is 3.47. The number of nitrogens with zero attached hydrogens (tertiary/aromatic N) is 2. The van der Waals surface area contributed by atoms with Crippen LogP contribution in [0.25, 0.3) is 11.1 Å². The van der Waals surface area contributed by atoms with Crippen LogP contribution in [0.1, 0.15) is 30.9 Å². The van der Waals surface area contributed by atoms with Gasteiger partial charge in [-0.25, -0.2) is 0 Å². The summed E-state index contributed by atoms with van der Waals surface area (Å²) in [6.07, 6.45) is 4.95. The Balaban J connectivity index is 1.85. The van der Waals surface area contributed by atoms with E-state index < -0.39 is 0 Å². The lowest BCUT2D eigenvalue weighted by Crippen LogP contribution is -2.30. The number of benzene rings is 1. The van der Waals surface area contributed by atoms with Crippen molar-refractivity contribution in [3.05, 3.63) is 54.4 Å². The maximum absolute atomic E-state index is 12.4. The number of hydrogen-bond donors (Lipinski definition) is 0. The van der Waals surface area contributed by atoms with Crippen LogP contribution in [0.4, 0.5) is 0 Å². The molecule has 0 radical (unpaired) electrons. The second kappa shape index (κ2) is 6.08. The van der Waals surface area contributed by atoms with Crippen LogP contribution in [-0.2, 0) is 4.79 Å². The molecule has 3 heteroatoms. The smallest absolute Gasteiger partial charge is 0.231 e. The molecule has 1 aromatic heterocycles. The van der Waals surface area contributed by atoms with Gasteiger partial charge in [-0.05, 0) is 24.5 Å². The summed E-state index contributed by atoms with van der Waals surface area (Å²) in [5.41, 5.74) is 3.14. The standard InChI is InChI=1S/C18H20N2O/c1-20-12-6-5-9-16(18(20)21)17-11-10-15(13-19-17)14-7-3-2-4-8-14/h2-4,7-8,10-11,13,16H,5-6,9,12H2,1H3/t16-/m0/s1. The number of amides is 1. The molecule has 1 amide bonds. The van der Waals surface area contributed by atoms with E-state index in [1.165, 1.54) is 0 Å². The van der Waals surface area contributed by atoms with Gasteiger partial charge in [-0.2, -0.15) is 0 Å². The average Bonchev–Trinajstić information content (AvgIpc) is 2.71.